The first-order valence-electron chi connectivity index (χ1n) is 3.81. The fourth-order valence-electron chi connectivity index (χ4n) is 0.960. The van der Waals surface area contributed by atoms with Crippen molar-refractivity contribution in [3.63, 3.8) is 0 Å². The number of nitrogens with two attached hydrogens (primary N) is 1. The Balaban J connectivity index is 2.15. The van der Waals surface area contributed by atoms with Gasteiger partial charge in [-0.15, -0.1) is 16.4 Å². The molecule has 0 saturated carbocycles. The predicted octanol–water partition coefficient (Wildman–Crippen LogP) is 1.11. The van der Waals surface area contributed by atoms with Crippen molar-refractivity contribution in [2.45, 2.75) is 6.42 Å². The zero-order valence-corrected chi connectivity index (χ0v) is 7.66. The van der Waals surface area contributed by atoms with E-state index in [2.05, 4.69) is 15.2 Å². The molecule has 4 nitrogen and oxygen atoms in total. The third-order valence-electron chi connectivity index (χ3n) is 1.56. The molecule has 0 radical (unpaired) electrons. The van der Waals surface area contributed by atoms with E-state index in [1.165, 1.54) is 0 Å². The van der Waals surface area contributed by atoms with Gasteiger partial charge in [-0.25, -0.2) is 4.98 Å². The highest BCUT2D eigenvalue weighted by atomic mass is 32.1. The summed E-state index contributed by atoms with van der Waals surface area (Å²) in [6, 6.07) is 3.61. The molecule has 2 N–H and O–H groups in total. The molecule has 2 aromatic rings. The first-order valence-corrected chi connectivity index (χ1v) is 4.69. The summed E-state index contributed by atoms with van der Waals surface area (Å²) >= 11 is 1.61. The first-order chi connectivity index (χ1) is 6.34. The minimum absolute atomic E-state index is 0.447. The van der Waals surface area contributed by atoms with Gasteiger partial charge in [0.1, 0.15) is 5.82 Å². The van der Waals surface area contributed by atoms with Crippen molar-refractivity contribution in [3.8, 4) is 0 Å². The van der Waals surface area contributed by atoms with E-state index in [0.717, 1.165) is 17.1 Å². The van der Waals surface area contributed by atoms with Gasteiger partial charge in [0.15, 0.2) is 0 Å². The molecular formula is C8H8N4S. The van der Waals surface area contributed by atoms with Crippen molar-refractivity contribution in [1.29, 1.82) is 0 Å². The van der Waals surface area contributed by atoms with Crippen LogP contribution in [-0.2, 0) is 6.42 Å². The molecule has 2 rings (SSSR count). The number of thiazole rings is 1. The molecule has 2 aromatic heterocycles. The van der Waals surface area contributed by atoms with E-state index in [-0.39, 0.29) is 0 Å². The van der Waals surface area contributed by atoms with Gasteiger partial charge in [0.25, 0.3) is 0 Å². The normalized spacial score (nSPS) is 10.2. The zero-order chi connectivity index (χ0) is 9.10. The number of nitrogens with zero attached hydrogens (tertiary/aromatic N) is 3. The summed E-state index contributed by atoms with van der Waals surface area (Å²) in [5, 5.41) is 10.7. The van der Waals surface area contributed by atoms with Gasteiger partial charge in [-0.2, -0.15) is 5.10 Å². The minimum atomic E-state index is 0.447. The average molecular weight is 192 g/mol. The Morgan fingerprint density at radius 1 is 1.31 bits per heavy atom. The van der Waals surface area contributed by atoms with Crippen LogP contribution in [0.3, 0.4) is 0 Å². The lowest BCUT2D eigenvalue weighted by Crippen LogP contribution is -1.97. The van der Waals surface area contributed by atoms with Gasteiger partial charge >= 0.3 is 0 Å². The van der Waals surface area contributed by atoms with Crippen molar-refractivity contribution < 1.29 is 0 Å². The van der Waals surface area contributed by atoms with Gasteiger partial charge in [0.05, 0.1) is 10.7 Å². The molecule has 66 valence electrons. The molecule has 0 aromatic carbocycles. The molecule has 2 heterocycles. The zero-order valence-electron chi connectivity index (χ0n) is 6.84. The van der Waals surface area contributed by atoms with Gasteiger partial charge in [-0.3, -0.25) is 0 Å². The molecule has 0 atom stereocenters. The summed E-state index contributed by atoms with van der Waals surface area (Å²) in [5.74, 6) is 0.447. The summed E-state index contributed by atoms with van der Waals surface area (Å²) in [7, 11) is 0. The lowest BCUT2D eigenvalue weighted by atomic mass is 10.3. The van der Waals surface area contributed by atoms with Crippen LogP contribution in [0.15, 0.2) is 23.7 Å². The Kier molecular flexibility index (Phi) is 2.18. The van der Waals surface area contributed by atoms with Gasteiger partial charge in [-0.1, -0.05) is 0 Å². The standard InChI is InChI=1S/C8H8N4S/c9-7-2-1-6(11-12-7)5-8-10-3-4-13-8/h1-4H,5H2,(H2,9,12). The largest absolute Gasteiger partial charge is 0.382 e. The Hall–Kier alpha value is -1.49. The van der Waals surface area contributed by atoms with Crippen LogP contribution in [0.25, 0.3) is 0 Å². The Bertz CT molecular complexity index is 368. The summed E-state index contributed by atoms with van der Waals surface area (Å²) in [4.78, 5) is 4.15. The summed E-state index contributed by atoms with van der Waals surface area (Å²) in [5.41, 5.74) is 6.31. The molecule has 0 fully saturated rings. The maximum Gasteiger partial charge on any atom is 0.146 e. The van der Waals surface area contributed by atoms with Gasteiger partial charge in [0.2, 0.25) is 0 Å². The quantitative estimate of drug-likeness (QED) is 0.774. The van der Waals surface area contributed by atoms with Crippen molar-refractivity contribution in [3.05, 3.63) is 34.4 Å². The van der Waals surface area contributed by atoms with Gasteiger partial charge < -0.3 is 5.73 Å². The average Bonchev–Trinajstić information content (AvgIpc) is 2.62. The minimum Gasteiger partial charge on any atom is -0.382 e. The van der Waals surface area contributed by atoms with Crippen molar-refractivity contribution in [2.75, 3.05) is 5.73 Å². The second-order valence-electron chi connectivity index (χ2n) is 2.55. The number of hydrogen-bond acceptors (Lipinski definition) is 5. The molecule has 0 saturated heterocycles. The Morgan fingerprint density at radius 2 is 2.23 bits per heavy atom. The second kappa shape index (κ2) is 3.49. The number of rotatable bonds is 2. The van der Waals surface area contributed by atoms with Crippen molar-refractivity contribution >= 4 is 17.2 Å². The first kappa shape index (κ1) is 8.12. The number of anilines is 1. The van der Waals surface area contributed by atoms with Crippen LogP contribution in [-0.4, -0.2) is 15.2 Å². The lowest BCUT2D eigenvalue weighted by Gasteiger charge is -1.95. The van der Waals surface area contributed by atoms with Crippen molar-refractivity contribution in [2.24, 2.45) is 0 Å². The summed E-state index contributed by atoms with van der Waals surface area (Å²) in [6.07, 6.45) is 2.51. The molecule has 0 aliphatic heterocycles. The van der Waals surface area contributed by atoms with Crippen LogP contribution < -0.4 is 5.73 Å². The third-order valence-corrected chi connectivity index (χ3v) is 2.34. The van der Waals surface area contributed by atoms with Crippen LogP contribution >= 0.6 is 11.3 Å². The topological polar surface area (TPSA) is 64.7 Å². The Labute approximate surface area is 79.5 Å². The highest BCUT2D eigenvalue weighted by Gasteiger charge is 1.99. The van der Waals surface area contributed by atoms with E-state index in [0.29, 0.717) is 5.82 Å². The summed E-state index contributed by atoms with van der Waals surface area (Å²) < 4.78 is 0. The number of hydrogen-bond donors (Lipinski definition) is 1. The van der Waals surface area contributed by atoms with Crippen molar-refractivity contribution in [1.82, 2.24) is 15.2 Å². The molecule has 0 aliphatic carbocycles. The maximum atomic E-state index is 5.41. The van der Waals surface area contributed by atoms with Crippen LogP contribution in [0, 0.1) is 0 Å². The molecule has 0 aliphatic rings. The van der Waals surface area contributed by atoms with E-state index in [9.17, 15) is 0 Å². The van der Waals surface area contributed by atoms with E-state index < -0.39 is 0 Å². The van der Waals surface area contributed by atoms with Gasteiger partial charge in [-0.05, 0) is 12.1 Å². The highest BCUT2D eigenvalue weighted by molar-refractivity contribution is 7.09. The smallest absolute Gasteiger partial charge is 0.146 e. The van der Waals surface area contributed by atoms with Crippen LogP contribution in [0.1, 0.15) is 10.7 Å². The molecule has 0 bridgehead atoms. The van der Waals surface area contributed by atoms with Crippen LogP contribution in [0.5, 0.6) is 0 Å². The molecular weight excluding hydrogens is 184 g/mol. The van der Waals surface area contributed by atoms with E-state index >= 15 is 0 Å². The Morgan fingerprint density at radius 3 is 2.85 bits per heavy atom. The number of aromatic nitrogens is 3. The molecule has 0 spiro atoms. The fourth-order valence-corrected chi connectivity index (χ4v) is 1.59. The van der Waals surface area contributed by atoms with Crippen LogP contribution in [0.4, 0.5) is 5.82 Å². The lowest BCUT2D eigenvalue weighted by molar-refractivity contribution is 0.938. The van der Waals surface area contributed by atoms with E-state index in [1.807, 2.05) is 11.4 Å². The second-order valence-corrected chi connectivity index (χ2v) is 3.53. The number of nitrogen functional groups attached to an aromatic ring is 1. The van der Waals surface area contributed by atoms with Crippen LogP contribution in [0.2, 0.25) is 0 Å². The maximum absolute atomic E-state index is 5.41. The molecule has 13 heavy (non-hydrogen) atoms. The molecule has 5 heteroatoms. The fraction of sp³-hybridized carbons (Fsp3) is 0.125. The van der Waals surface area contributed by atoms with E-state index in [1.54, 1.807) is 23.6 Å². The SMILES string of the molecule is Nc1ccc(Cc2nccs2)nn1. The summed E-state index contributed by atoms with van der Waals surface area (Å²) in [6.45, 7) is 0. The van der Waals surface area contributed by atoms with E-state index in [4.69, 9.17) is 5.73 Å². The molecule has 0 unspecified atom stereocenters. The predicted molar refractivity (Wildman–Crippen MR) is 51.4 cm³/mol. The molecule has 0 amide bonds. The van der Waals surface area contributed by atoms with Gasteiger partial charge in [0, 0.05) is 18.0 Å². The monoisotopic (exact) mass is 192 g/mol. The third kappa shape index (κ3) is 2.00. The highest BCUT2D eigenvalue weighted by Crippen LogP contribution is 2.09.